The summed E-state index contributed by atoms with van der Waals surface area (Å²) in [4.78, 5) is 10.2. The van der Waals surface area contributed by atoms with Gasteiger partial charge in [-0.15, -0.1) is 0 Å². The molecule has 0 saturated carbocycles. The maximum Gasteiger partial charge on any atom is 0.343 e. The summed E-state index contributed by atoms with van der Waals surface area (Å²) in [6.07, 6.45) is -2.79. The fourth-order valence-corrected chi connectivity index (χ4v) is 0.663. The third-order valence-corrected chi connectivity index (χ3v) is 1.22. The Kier molecular flexibility index (Phi) is 1.66. The Bertz CT molecular complexity index is 125. The van der Waals surface area contributed by atoms with Crippen LogP contribution in [0.5, 0.6) is 0 Å². The molecule has 52 valence electrons. The topological polar surface area (TPSA) is 46.5 Å². The van der Waals surface area contributed by atoms with Crippen LogP contribution >= 0.6 is 0 Å². The molecule has 0 radical (unpaired) electrons. The maximum absolute atomic E-state index is 12.2. The van der Waals surface area contributed by atoms with Crippen molar-refractivity contribution in [2.45, 2.75) is 18.7 Å². The molecular formula is C5H7FO3. The van der Waals surface area contributed by atoms with Crippen LogP contribution in [0.3, 0.4) is 0 Å². The molecule has 0 bridgehead atoms. The van der Waals surface area contributed by atoms with Gasteiger partial charge in [-0.2, -0.15) is 0 Å². The van der Waals surface area contributed by atoms with E-state index in [4.69, 9.17) is 5.11 Å². The highest BCUT2D eigenvalue weighted by atomic mass is 19.1. The Labute approximate surface area is 51.4 Å². The predicted octanol–water partition coefficient (Wildman–Crippen LogP) is -0.368. The summed E-state index contributed by atoms with van der Waals surface area (Å²) in [6.45, 7) is 0.125. The van der Waals surface area contributed by atoms with E-state index in [1.165, 1.54) is 0 Å². The van der Waals surface area contributed by atoms with Crippen molar-refractivity contribution in [3.8, 4) is 0 Å². The molecule has 1 aliphatic rings. The molecule has 1 heterocycles. The Balaban J connectivity index is 2.51. The number of rotatable bonds is 0. The zero-order valence-corrected chi connectivity index (χ0v) is 4.71. The molecular weight excluding hydrogens is 127 g/mol. The minimum Gasteiger partial charge on any atom is -0.463 e. The Morgan fingerprint density at radius 2 is 2.44 bits per heavy atom. The SMILES string of the molecule is O=C1OCC[C@H](O)[C@H]1F. The number of aliphatic hydroxyl groups excluding tert-OH is 1. The van der Waals surface area contributed by atoms with Crippen LogP contribution in [0.1, 0.15) is 6.42 Å². The van der Waals surface area contributed by atoms with Crippen molar-refractivity contribution in [1.82, 2.24) is 0 Å². The summed E-state index contributed by atoms with van der Waals surface area (Å²) in [5.74, 6) is -0.950. The molecule has 0 amide bonds. The lowest BCUT2D eigenvalue weighted by atomic mass is 10.1. The number of esters is 1. The van der Waals surface area contributed by atoms with E-state index in [2.05, 4.69) is 4.74 Å². The van der Waals surface area contributed by atoms with Crippen molar-refractivity contribution in [1.29, 1.82) is 0 Å². The number of carbonyl (C=O) groups is 1. The van der Waals surface area contributed by atoms with E-state index in [9.17, 15) is 9.18 Å². The van der Waals surface area contributed by atoms with E-state index in [1.54, 1.807) is 0 Å². The van der Waals surface area contributed by atoms with Gasteiger partial charge in [0.2, 0.25) is 6.17 Å². The van der Waals surface area contributed by atoms with Gasteiger partial charge in [-0.25, -0.2) is 9.18 Å². The molecule has 2 atom stereocenters. The molecule has 1 rings (SSSR count). The first-order chi connectivity index (χ1) is 4.22. The van der Waals surface area contributed by atoms with Gasteiger partial charge in [0.05, 0.1) is 12.7 Å². The first-order valence-electron chi connectivity index (χ1n) is 2.70. The number of hydrogen-bond donors (Lipinski definition) is 1. The summed E-state index contributed by atoms with van der Waals surface area (Å²) in [7, 11) is 0. The highest BCUT2D eigenvalue weighted by molar-refractivity contribution is 5.75. The highest BCUT2D eigenvalue weighted by Crippen LogP contribution is 2.11. The monoisotopic (exact) mass is 134 g/mol. The zero-order valence-electron chi connectivity index (χ0n) is 4.71. The van der Waals surface area contributed by atoms with Gasteiger partial charge in [-0.3, -0.25) is 0 Å². The molecule has 0 aliphatic carbocycles. The summed E-state index contributed by atoms with van der Waals surface area (Å²) in [5.41, 5.74) is 0. The standard InChI is InChI=1S/C5H7FO3/c6-4-3(7)1-2-9-5(4)8/h3-4,7H,1-2H2/t3-,4+/m0/s1. The minimum atomic E-state index is -1.83. The van der Waals surface area contributed by atoms with Crippen molar-refractivity contribution in [2.24, 2.45) is 0 Å². The maximum atomic E-state index is 12.2. The van der Waals surface area contributed by atoms with Crippen molar-refractivity contribution < 1.29 is 19.0 Å². The van der Waals surface area contributed by atoms with Gasteiger partial charge in [0.25, 0.3) is 0 Å². The van der Waals surface area contributed by atoms with Gasteiger partial charge in [-0.05, 0) is 0 Å². The van der Waals surface area contributed by atoms with Gasteiger partial charge in [0, 0.05) is 6.42 Å². The number of ether oxygens (including phenoxy) is 1. The first kappa shape index (κ1) is 6.48. The highest BCUT2D eigenvalue weighted by Gasteiger charge is 2.31. The molecule has 9 heavy (non-hydrogen) atoms. The molecule has 0 spiro atoms. The van der Waals surface area contributed by atoms with Crippen LogP contribution in [0.2, 0.25) is 0 Å². The molecule has 1 fully saturated rings. The average molecular weight is 134 g/mol. The average Bonchev–Trinajstić information content (AvgIpc) is 1.83. The van der Waals surface area contributed by atoms with E-state index < -0.39 is 18.2 Å². The quantitative estimate of drug-likeness (QED) is 0.460. The fourth-order valence-electron chi connectivity index (χ4n) is 0.663. The second-order valence-electron chi connectivity index (χ2n) is 1.93. The largest absolute Gasteiger partial charge is 0.463 e. The van der Waals surface area contributed by atoms with Gasteiger partial charge in [0.1, 0.15) is 0 Å². The van der Waals surface area contributed by atoms with Crippen molar-refractivity contribution in [2.75, 3.05) is 6.61 Å². The van der Waals surface area contributed by atoms with Crippen molar-refractivity contribution >= 4 is 5.97 Å². The lowest BCUT2D eigenvalue weighted by molar-refractivity contribution is -0.162. The van der Waals surface area contributed by atoms with Gasteiger partial charge >= 0.3 is 5.97 Å². The van der Waals surface area contributed by atoms with Crippen molar-refractivity contribution in [3.05, 3.63) is 0 Å². The van der Waals surface area contributed by atoms with E-state index in [0.717, 1.165) is 0 Å². The van der Waals surface area contributed by atoms with Crippen LogP contribution in [-0.2, 0) is 9.53 Å². The van der Waals surface area contributed by atoms with Crippen LogP contribution in [0.4, 0.5) is 4.39 Å². The zero-order chi connectivity index (χ0) is 6.85. The molecule has 1 aliphatic heterocycles. The van der Waals surface area contributed by atoms with Crippen LogP contribution in [0.15, 0.2) is 0 Å². The lowest BCUT2D eigenvalue weighted by Gasteiger charge is -2.19. The molecule has 1 saturated heterocycles. The predicted molar refractivity (Wildman–Crippen MR) is 26.5 cm³/mol. The summed E-state index contributed by atoms with van der Waals surface area (Å²) in [5, 5.41) is 8.67. The second-order valence-corrected chi connectivity index (χ2v) is 1.93. The third-order valence-electron chi connectivity index (χ3n) is 1.22. The van der Waals surface area contributed by atoms with E-state index in [-0.39, 0.29) is 13.0 Å². The van der Waals surface area contributed by atoms with E-state index in [0.29, 0.717) is 0 Å². The van der Waals surface area contributed by atoms with E-state index >= 15 is 0 Å². The Morgan fingerprint density at radius 1 is 1.78 bits per heavy atom. The van der Waals surface area contributed by atoms with Gasteiger partial charge < -0.3 is 9.84 Å². The third kappa shape index (κ3) is 1.18. The van der Waals surface area contributed by atoms with Gasteiger partial charge in [0.15, 0.2) is 0 Å². The van der Waals surface area contributed by atoms with Crippen LogP contribution in [0, 0.1) is 0 Å². The lowest BCUT2D eigenvalue weighted by Crippen LogP contribution is -2.37. The number of halogens is 1. The smallest absolute Gasteiger partial charge is 0.343 e. The van der Waals surface area contributed by atoms with E-state index in [1.807, 2.05) is 0 Å². The molecule has 4 heteroatoms. The van der Waals surface area contributed by atoms with Crippen LogP contribution in [-0.4, -0.2) is 30.0 Å². The molecule has 0 aromatic rings. The fraction of sp³-hybridized carbons (Fsp3) is 0.800. The number of aliphatic hydroxyl groups is 1. The Hall–Kier alpha value is -0.640. The van der Waals surface area contributed by atoms with Crippen LogP contribution < -0.4 is 0 Å². The summed E-state index contributed by atoms with van der Waals surface area (Å²) < 4.78 is 16.5. The molecule has 1 N–H and O–H groups in total. The van der Waals surface area contributed by atoms with Crippen molar-refractivity contribution in [3.63, 3.8) is 0 Å². The van der Waals surface area contributed by atoms with Gasteiger partial charge in [-0.1, -0.05) is 0 Å². The normalized spacial score (nSPS) is 36.0. The molecule has 3 nitrogen and oxygen atoms in total. The second kappa shape index (κ2) is 2.31. The number of hydrogen-bond acceptors (Lipinski definition) is 3. The number of cyclic esters (lactones) is 1. The number of carbonyl (C=O) groups excluding carboxylic acids is 1. The molecule has 0 aromatic carbocycles. The number of alkyl halides is 1. The van der Waals surface area contributed by atoms with Crippen LogP contribution in [0.25, 0.3) is 0 Å². The summed E-state index contributed by atoms with van der Waals surface area (Å²) in [6, 6.07) is 0. The molecule has 0 aromatic heterocycles. The first-order valence-corrected chi connectivity index (χ1v) is 2.70. The Morgan fingerprint density at radius 3 is 2.89 bits per heavy atom. The molecule has 0 unspecified atom stereocenters. The summed E-state index contributed by atoms with van der Waals surface area (Å²) >= 11 is 0. The minimum absolute atomic E-state index is 0.125.